The van der Waals surface area contributed by atoms with E-state index < -0.39 is 0 Å². The Morgan fingerprint density at radius 3 is 2.79 bits per heavy atom. The molecule has 2 aliphatic rings. The lowest BCUT2D eigenvalue weighted by Crippen LogP contribution is -2.37. The normalized spacial score (nSPS) is 22.2. The van der Waals surface area contributed by atoms with Gasteiger partial charge in [0, 0.05) is 43.3 Å². The maximum Gasteiger partial charge on any atom is 0.228 e. The highest BCUT2D eigenvalue weighted by atomic mass is 35.5. The van der Waals surface area contributed by atoms with Gasteiger partial charge in [0.1, 0.15) is 0 Å². The second-order valence-corrected chi connectivity index (χ2v) is 8.24. The highest BCUT2D eigenvalue weighted by Gasteiger charge is 2.39. The first-order valence-electron chi connectivity index (χ1n) is 9.71. The lowest BCUT2D eigenvalue weighted by Gasteiger charge is -2.28. The average molecular weight is 398 g/mol. The monoisotopic (exact) mass is 397 g/mol. The number of likely N-dealkylation sites (tertiary alicyclic amines) is 2. The largest absolute Gasteiger partial charge is 0.345 e. The van der Waals surface area contributed by atoms with Gasteiger partial charge in [-0.3, -0.25) is 14.6 Å². The first-order chi connectivity index (χ1) is 13.4. The summed E-state index contributed by atoms with van der Waals surface area (Å²) in [6.45, 7) is 3.33. The SMILES string of the molecule is Cc1cc(-c2cccc(Cl)c2)ncc1C1CCCN1C(=O)C1CC(=O)N(C)C1. The molecule has 4 rings (SSSR count). The number of carbonyl (C=O) groups is 2. The number of aryl methyl sites for hydroxylation is 1. The molecule has 1 aromatic carbocycles. The van der Waals surface area contributed by atoms with Crippen LogP contribution in [0.25, 0.3) is 11.3 Å². The van der Waals surface area contributed by atoms with E-state index >= 15 is 0 Å². The first kappa shape index (κ1) is 18.9. The Morgan fingerprint density at radius 1 is 1.29 bits per heavy atom. The van der Waals surface area contributed by atoms with Gasteiger partial charge in [0.05, 0.1) is 17.7 Å². The van der Waals surface area contributed by atoms with Gasteiger partial charge in [-0.25, -0.2) is 0 Å². The summed E-state index contributed by atoms with van der Waals surface area (Å²) in [5.74, 6) is -0.0755. The van der Waals surface area contributed by atoms with Gasteiger partial charge >= 0.3 is 0 Å². The van der Waals surface area contributed by atoms with Crippen molar-refractivity contribution in [2.75, 3.05) is 20.1 Å². The molecule has 2 saturated heterocycles. The van der Waals surface area contributed by atoms with Crippen LogP contribution >= 0.6 is 11.6 Å². The zero-order valence-electron chi connectivity index (χ0n) is 16.2. The standard InChI is InChI=1S/C22H24ClN3O2/c1-14-9-19(15-5-3-6-17(23)10-15)24-12-18(14)20-7-4-8-26(20)22(28)16-11-21(27)25(2)13-16/h3,5-6,9-10,12,16,20H,4,7-8,11,13H2,1-2H3. The fourth-order valence-electron chi connectivity index (χ4n) is 4.34. The molecule has 146 valence electrons. The van der Waals surface area contributed by atoms with E-state index in [4.69, 9.17) is 11.6 Å². The summed E-state index contributed by atoms with van der Waals surface area (Å²) in [5, 5.41) is 0.685. The number of nitrogens with zero attached hydrogens (tertiary/aromatic N) is 3. The highest BCUT2D eigenvalue weighted by molar-refractivity contribution is 6.30. The number of pyridine rings is 1. The van der Waals surface area contributed by atoms with Gasteiger partial charge in [0.15, 0.2) is 0 Å². The van der Waals surface area contributed by atoms with Crippen LogP contribution in [-0.2, 0) is 9.59 Å². The molecule has 0 spiro atoms. The molecule has 0 N–H and O–H groups in total. The number of aromatic nitrogens is 1. The van der Waals surface area contributed by atoms with Gasteiger partial charge in [-0.15, -0.1) is 0 Å². The van der Waals surface area contributed by atoms with E-state index in [0.717, 1.165) is 41.8 Å². The van der Waals surface area contributed by atoms with Gasteiger partial charge in [0.25, 0.3) is 0 Å². The Bertz CT molecular complexity index is 930. The van der Waals surface area contributed by atoms with E-state index in [2.05, 4.69) is 18.0 Å². The van der Waals surface area contributed by atoms with Crippen molar-refractivity contribution in [2.24, 2.45) is 5.92 Å². The van der Waals surface area contributed by atoms with E-state index in [1.807, 2.05) is 35.4 Å². The quantitative estimate of drug-likeness (QED) is 0.790. The minimum Gasteiger partial charge on any atom is -0.345 e. The molecule has 0 bridgehead atoms. The molecule has 2 aliphatic heterocycles. The van der Waals surface area contributed by atoms with Crippen molar-refractivity contribution < 1.29 is 9.59 Å². The van der Waals surface area contributed by atoms with Gasteiger partial charge < -0.3 is 9.80 Å². The molecule has 5 nitrogen and oxygen atoms in total. The minimum atomic E-state index is -0.225. The van der Waals surface area contributed by atoms with Crippen LogP contribution in [-0.4, -0.2) is 46.7 Å². The van der Waals surface area contributed by atoms with E-state index in [1.165, 1.54) is 0 Å². The van der Waals surface area contributed by atoms with E-state index in [1.54, 1.807) is 11.9 Å². The second kappa shape index (κ2) is 7.55. The third kappa shape index (κ3) is 3.51. The predicted octanol–water partition coefficient (Wildman–Crippen LogP) is 3.85. The molecule has 3 heterocycles. The number of hydrogen-bond acceptors (Lipinski definition) is 3. The fourth-order valence-corrected chi connectivity index (χ4v) is 4.53. The lowest BCUT2D eigenvalue weighted by atomic mass is 9.98. The predicted molar refractivity (Wildman–Crippen MR) is 109 cm³/mol. The third-order valence-electron chi connectivity index (χ3n) is 5.86. The van der Waals surface area contributed by atoms with Gasteiger partial charge in [-0.2, -0.15) is 0 Å². The number of carbonyl (C=O) groups excluding carboxylic acids is 2. The minimum absolute atomic E-state index is 0.0365. The molecular weight excluding hydrogens is 374 g/mol. The molecule has 2 unspecified atom stereocenters. The maximum atomic E-state index is 13.1. The number of amides is 2. The zero-order valence-corrected chi connectivity index (χ0v) is 16.9. The van der Waals surface area contributed by atoms with Crippen molar-refractivity contribution in [3.63, 3.8) is 0 Å². The molecular formula is C22H24ClN3O2. The molecule has 28 heavy (non-hydrogen) atoms. The highest BCUT2D eigenvalue weighted by Crippen LogP contribution is 2.36. The summed E-state index contributed by atoms with van der Waals surface area (Å²) in [6.07, 6.45) is 4.13. The molecule has 2 fully saturated rings. The molecule has 0 aliphatic carbocycles. The summed E-state index contributed by atoms with van der Waals surface area (Å²) in [6, 6.07) is 9.76. The van der Waals surface area contributed by atoms with Crippen molar-refractivity contribution >= 4 is 23.4 Å². The molecule has 2 amide bonds. The Balaban J connectivity index is 1.57. The summed E-state index contributed by atoms with van der Waals surface area (Å²) in [5.41, 5.74) is 4.07. The Morgan fingerprint density at radius 2 is 2.11 bits per heavy atom. The van der Waals surface area contributed by atoms with Crippen molar-refractivity contribution in [1.82, 2.24) is 14.8 Å². The summed E-state index contributed by atoms with van der Waals surface area (Å²) < 4.78 is 0. The molecule has 2 aromatic rings. The van der Waals surface area contributed by atoms with Crippen LogP contribution in [0.5, 0.6) is 0 Å². The van der Waals surface area contributed by atoms with Crippen LogP contribution in [0.15, 0.2) is 36.5 Å². The number of benzene rings is 1. The van der Waals surface area contributed by atoms with Crippen molar-refractivity contribution in [2.45, 2.75) is 32.2 Å². The summed E-state index contributed by atoms with van der Waals surface area (Å²) >= 11 is 6.11. The Labute approximate surface area is 170 Å². The topological polar surface area (TPSA) is 53.5 Å². The zero-order chi connectivity index (χ0) is 19.8. The Hall–Kier alpha value is -2.40. The molecule has 1 aromatic heterocycles. The molecule has 0 radical (unpaired) electrons. The fraction of sp³-hybridized carbons (Fsp3) is 0.409. The first-order valence-corrected chi connectivity index (χ1v) is 10.1. The van der Waals surface area contributed by atoms with E-state index in [-0.39, 0.29) is 23.8 Å². The number of rotatable bonds is 3. The van der Waals surface area contributed by atoms with Gasteiger partial charge in [-0.1, -0.05) is 23.7 Å². The average Bonchev–Trinajstić information content (AvgIpc) is 3.28. The van der Waals surface area contributed by atoms with Crippen LogP contribution < -0.4 is 0 Å². The summed E-state index contributed by atoms with van der Waals surface area (Å²) in [7, 11) is 1.76. The third-order valence-corrected chi connectivity index (χ3v) is 6.09. The maximum absolute atomic E-state index is 13.1. The van der Waals surface area contributed by atoms with Gasteiger partial charge in [0.2, 0.25) is 11.8 Å². The smallest absolute Gasteiger partial charge is 0.228 e. The number of halogens is 1. The Kier molecular flexibility index (Phi) is 5.11. The van der Waals surface area contributed by atoms with Crippen molar-refractivity contribution in [3.8, 4) is 11.3 Å². The van der Waals surface area contributed by atoms with Crippen LogP contribution in [0.3, 0.4) is 0 Å². The van der Waals surface area contributed by atoms with Gasteiger partial charge in [-0.05, 0) is 49.1 Å². The van der Waals surface area contributed by atoms with Crippen molar-refractivity contribution in [1.29, 1.82) is 0 Å². The second-order valence-electron chi connectivity index (χ2n) is 7.80. The molecule has 0 saturated carbocycles. The lowest BCUT2D eigenvalue weighted by molar-refractivity contribution is -0.136. The van der Waals surface area contributed by atoms with Crippen LogP contribution in [0.1, 0.15) is 36.4 Å². The number of hydrogen-bond donors (Lipinski definition) is 0. The van der Waals surface area contributed by atoms with Crippen molar-refractivity contribution in [3.05, 3.63) is 52.7 Å². The van der Waals surface area contributed by atoms with E-state index in [9.17, 15) is 9.59 Å². The summed E-state index contributed by atoms with van der Waals surface area (Å²) in [4.78, 5) is 33.2. The molecule has 6 heteroatoms. The molecule has 2 atom stereocenters. The van der Waals surface area contributed by atoms with Crippen LogP contribution in [0.2, 0.25) is 5.02 Å². The van der Waals surface area contributed by atoms with Crippen LogP contribution in [0, 0.1) is 12.8 Å². The van der Waals surface area contributed by atoms with E-state index in [0.29, 0.717) is 18.0 Å². The van der Waals surface area contributed by atoms with Crippen LogP contribution in [0.4, 0.5) is 0 Å².